The largest absolute Gasteiger partial charge is 0.378 e. The van der Waals surface area contributed by atoms with Gasteiger partial charge in [0.15, 0.2) is 0 Å². The standard InChI is InChI=1S/C17H19BrN4O.HI/c1-21-13-14(18)7-8-16(21)20-17(22-9-11-23-12-10-22)19-15-5-3-2-4-6-15;/h2-8,13H,9-12H2,1H3;1H. The first kappa shape index (κ1) is 19.1. The summed E-state index contributed by atoms with van der Waals surface area (Å²) >= 11 is 3.47. The zero-order valence-electron chi connectivity index (χ0n) is 13.4. The summed E-state index contributed by atoms with van der Waals surface area (Å²) < 4.78 is 8.44. The van der Waals surface area contributed by atoms with Gasteiger partial charge in [0.25, 0.3) is 0 Å². The predicted octanol–water partition coefficient (Wildman–Crippen LogP) is 3.33. The monoisotopic (exact) mass is 502 g/mol. The zero-order valence-corrected chi connectivity index (χ0v) is 17.3. The molecule has 0 unspecified atom stereocenters. The van der Waals surface area contributed by atoms with Crippen molar-refractivity contribution in [3.63, 3.8) is 0 Å². The van der Waals surface area contributed by atoms with Gasteiger partial charge in [0.1, 0.15) is 5.49 Å². The fraction of sp³-hybridized carbons (Fsp3) is 0.294. The lowest BCUT2D eigenvalue weighted by Crippen LogP contribution is -2.41. The number of aromatic nitrogens is 1. The molecule has 128 valence electrons. The van der Waals surface area contributed by atoms with Crippen LogP contribution in [0, 0.1) is 0 Å². The molecule has 3 rings (SSSR count). The summed E-state index contributed by atoms with van der Waals surface area (Å²) in [6.07, 6.45) is 1.98. The number of para-hydroxylation sites is 1. The van der Waals surface area contributed by atoms with E-state index in [1.807, 2.05) is 60.3 Å². The summed E-state index contributed by atoms with van der Waals surface area (Å²) in [5.41, 5.74) is 1.76. The van der Waals surface area contributed by atoms with E-state index in [4.69, 9.17) is 14.7 Å². The van der Waals surface area contributed by atoms with E-state index in [2.05, 4.69) is 20.8 Å². The number of benzene rings is 1. The van der Waals surface area contributed by atoms with Gasteiger partial charge in [0.2, 0.25) is 5.96 Å². The molecular weight excluding hydrogens is 483 g/mol. The third kappa shape index (κ3) is 5.15. The molecule has 1 aromatic heterocycles. The lowest BCUT2D eigenvalue weighted by molar-refractivity contribution is 0.0675. The molecule has 7 heteroatoms. The highest BCUT2D eigenvalue weighted by atomic mass is 127. The molecule has 1 saturated heterocycles. The van der Waals surface area contributed by atoms with E-state index in [0.717, 1.165) is 34.7 Å². The van der Waals surface area contributed by atoms with Gasteiger partial charge in [-0.05, 0) is 40.2 Å². The van der Waals surface area contributed by atoms with Gasteiger partial charge in [-0.25, -0.2) is 4.99 Å². The third-order valence-corrected chi connectivity index (χ3v) is 4.03. The number of guanidine groups is 1. The first-order chi connectivity index (χ1) is 11.2. The SMILES string of the molecule is Cn1cc(Br)ccc1=NC(=Nc1ccccc1)N1CCOCC1.I. The van der Waals surface area contributed by atoms with Crippen molar-refractivity contribution in [2.45, 2.75) is 0 Å². The van der Waals surface area contributed by atoms with Crippen molar-refractivity contribution >= 4 is 51.6 Å². The summed E-state index contributed by atoms with van der Waals surface area (Å²) in [6.45, 7) is 3.01. The first-order valence-electron chi connectivity index (χ1n) is 7.56. The Labute approximate surface area is 167 Å². The molecule has 2 heterocycles. The Bertz CT molecular complexity index is 755. The van der Waals surface area contributed by atoms with Gasteiger partial charge in [-0.1, -0.05) is 18.2 Å². The zero-order chi connectivity index (χ0) is 16.1. The van der Waals surface area contributed by atoms with E-state index in [1.54, 1.807) is 0 Å². The van der Waals surface area contributed by atoms with Crippen LogP contribution in [0.5, 0.6) is 0 Å². The molecule has 2 aromatic rings. The van der Waals surface area contributed by atoms with Crippen molar-refractivity contribution in [1.29, 1.82) is 0 Å². The van der Waals surface area contributed by atoms with E-state index in [1.165, 1.54) is 0 Å². The van der Waals surface area contributed by atoms with Gasteiger partial charge < -0.3 is 14.2 Å². The van der Waals surface area contributed by atoms with Crippen LogP contribution < -0.4 is 5.49 Å². The number of aryl methyl sites for hydroxylation is 1. The molecule has 1 aliphatic rings. The maximum Gasteiger partial charge on any atom is 0.228 e. The van der Waals surface area contributed by atoms with Crippen LogP contribution >= 0.6 is 39.9 Å². The van der Waals surface area contributed by atoms with Crippen molar-refractivity contribution in [2.24, 2.45) is 17.0 Å². The van der Waals surface area contributed by atoms with E-state index in [-0.39, 0.29) is 24.0 Å². The van der Waals surface area contributed by atoms with Gasteiger partial charge >= 0.3 is 0 Å². The normalized spacial score (nSPS) is 16.0. The molecule has 0 N–H and O–H groups in total. The Morgan fingerprint density at radius 1 is 1.08 bits per heavy atom. The van der Waals surface area contributed by atoms with E-state index in [0.29, 0.717) is 13.2 Å². The number of halogens is 2. The number of nitrogens with zero attached hydrogens (tertiary/aromatic N) is 4. The van der Waals surface area contributed by atoms with E-state index < -0.39 is 0 Å². The maximum absolute atomic E-state index is 5.44. The van der Waals surface area contributed by atoms with Crippen LogP contribution in [0.4, 0.5) is 5.69 Å². The Morgan fingerprint density at radius 2 is 1.79 bits per heavy atom. The fourth-order valence-corrected chi connectivity index (χ4v) is 2.77. The fourth-order valence-electron chi connectivity index (χ4n) is 2.33. The molecule has 1 fully saturated rings. The van der Waals surface area contributed by atoms with E-state index >= 15 is 0 Å². The second-order valence-corrected chi connectivity index (χ2v) is 6.19. The van der Waals surface area contributed by atoms with Crippen LogP contribution in [0.15, 0.2) is 63.1 Å². The number of hydrogen-bond acceptors (Lipinski definition) is 2. The molecule has 0 spiro atoms. The highest BCUT2D eigenvalue weighted by molar-refractivity contribution is 14.0. The molecular formula is C17H20BrIN4O. The van der Waals surface area contributed by atoms with Crippen LogP contribution in [0.2, 0.25) is 0 Å². The van der Waals surface area contributed by atoms with Crippen molar-refractivity contribution in [1.82, 2.24) is 9.47 Å². The molecule has 24 heavy (non-hydrogen) atoms. The lowest BCUT2D eigenvalue weighted by Gasteiger charge is -2.27. The average Bonchev–Trinajstić information content (AvgIpc) is 2.58. The van der Waals surface area contributed by atoms with Crippen LogP contribution in [0.3, 0.4) is 0 Å². The summed E-state index contributed by atoms with van der Waals surface area (Å²) in [5, 5.41) is 0. The minimum absolute atomic E-state index is 0. The van der Waals surface area contributed by atoms with Crippen molar-refractivity contribution in [3.8, 4) is 0 Å². The predicted molar refractivity (Wildman–Crippen MR) is 110 cm³/mol. The number of ether oxygens (including phenoxy) is 1. The lowest BCUT2D eigenvalue weighted by atomic mass is 10.3. The quantitative estimate of drug-likeness (QED) is 0.341. The molecule has 0 radical (unpaired) electrons. The average molecular weight is 503 g/mol. The number of rotatable bonds is 1. The summed E-state index contributed by atoms with van der Waals surface area (Å²) in [4.78, 5) is 11.7. The number of pyridine rings is 1. The highest BCUT2D eigenvalue weighted by Crippen LogP contribution is 2.12. The van der Waals surface area contributed by atoms with Crippen molar-refractivity contribution in [3.05, 3.63) is 58.6 Å². The van der Waals surface area contributed by atoms with Gasteiger partial charge in [0, 0.05) is 30.8 Å². The minimum atomic E-state index is 0. The number of aliphatic imine (C=N–C) groups is 1. The van der Waals surface area contributed by atoms with Crippen LogP contribution in [-0.4, -0.2) is 41.7 Å². The minimum Gasteiger partial charge on any atom is -0.378 e. The van der Waals surface area contributed by atoms with Gasteiger partial charge in [-0.3, -0.25) is 0 Å². The number of morpholine rings is 1. The van der Waals surface area contributed by atoms with Crippen molar-refractivity contribution in [2.75, 3.05) is 26.3 Å². The third-order valence-electron chi connectivity index (χ3n) is 3.56. The molecule has 0 bridgehead atoms. The molecule has 0 amide bonds. The summed E-state index contributed by atoms with van der Waals surface area (Å²) in [6, 6.07) is 13.9. The van der Waals surface area contributed by atoms with Crippen molar-refractivity contribution < 1.29 is 4.74 Å². The van der Waals surface area contributed by atoms with Gasteiger partial charge in [-0.15, -0.1) is 24.0 Å². The van der Waals surface area contributed by atoms with Crippen LogP contribution in [0.25, 0.3) is 0 Å². The van der Waals surface area contributed by atoms with Gasteiger partial charge in [0.05, 0.1) is 18.9 Å². The Morgan fingerprint density at radius 3 is 2.46 bits per heavy atom. The second-order valence-electron chi connectivity index (χ2n) is 5.27. The second kappa shape index (κ2) is 9.33. The first-order valence-corrected chi connectivity index (χ1v) is 8.35. The number of hydrogen-bond donors (Lipinski definition) is 0. The van der Waals surface area contributed by atoms with Crippen LogP contribution in [0.1, 0.15) is 0 Å². The topological polar surface area (TPSA) is 42.1 Å². The molecule has 0 atom stereocenters. The molecule has 0 aliphatic carbocycles. The highest BCUT2D eigenvalue weighted by Gasteiger charge is 2.15. The van der Waals surface area contributed by atoms with E-state index in [9.17, 15) is 0 Å². The maximum atomic E-state index is 5.44. The Balaban J connectivity index is 0.00000208. The molecule has 1 aliphatic heterocycles. The summed E-state index contributed by atoms with van der Waals surface area (Å²) in [5.74, 6) is 0.720. The Hall–Kier alpha value is -1.19. The molecule has 1 aromatic carbocycles. The molecule has 5 nitrogen and oxygen atoms in total. The Kier molecular flexibility index (Phi) is 7.44. The summed E-state index contributed by atoms with van der Waals surface area (Å²) in [7, 11) is 1.98. The van der Waals surface area contributed by atoms with Crippen LogP contribution in [-0.2, 0) is 11.8 Å². The molecule has 0 saturated carbocycles. The smallest absolute Gasteiger partial charge is 0.228 e. The van der Waals surface area contributed by atoms with Gasteiger partial charge in [-0.2, -0.15) is 4.99 Å².